The van der Waals surface area contributed by atoms with Gasteiger partial charge in [0, 0.05) is 12.7 Å². The summed E-state index contributed by atoms with van der Waals surface area (Å²) in [5.41, 5.74) is 1.30. The van der Waals surface area contributed by atoms with Crippen LogP contribution in [0.5, 0.6) is 0 Å². The van der Waals surface area contributed by atoms with Crippen LogP contribution >= 0.6 is 11.3 Å². The molecule has 2 aromatic heterocycles. The number of sulfonamides is 1. The fourth-order valence-electron chi connectivity index (χ4n) is 1.46. The molecule has 0 aliphatic rings. The SMILES string of the molecule is CCn1cc(S(=O)(=O)Nc2nncs2)cc1C(=O)O. The van der Waals surface area contributed by atoms with Crippen molar-refractivity contribution < 1.29 is 18.3 Å². The van der Waals surface area contributed by atoms with Gasteiger partial charge in [-0.2, -0.15) is 0 Å². The molecule has 0 saturated carbocycles. The zero-order valence-electron chi connectivity index (χ0n) is 9.77. The first-order valence-electron chi connectivity index (χ1n) is 5.16. The Morgan fingerprint density at radius 3 is 2.79 bits per heavy atom. The first-order valence-corrected chi connectivity index (χ1v) is 7.52. The fraction of sp³-hybridized carbons (Fsp3) is 0.222. The molecule has 0 fully saturated rings. The summed E-state index contributed by atoms with van der Waals surface area (Å²) in [7, 11) is -3.85. The van der Waals surface area contributed by atoms with Gasteiger partial charge in [0.05, 0.1) is 0 Å². The highest BCUT2D eigenvalue weighted by atomic mass is 32.2. The van der Waals surface area contributed by atoms with Crippen LogP contribution in [0, 0.1) is 0 Å². The van der Waals surface area contributed by atoms with E-state index in [0.29, 0.717) is 6.54 Å². The molecule has 0 aliphatic heterocycles. The number of hydrogen-bond donors (Lipinski definition) is 2. The van der Waals surface area contributed by atoms with Gasteiger partial charge in [-0.3, -0.25) is 4.72 Å². The number of nitrogens with one attached hydrogen (secondary N) is 1. The molecule has 2 heterocycles. The lowest BCUT2D eigenvalue weighted by Crippen LogP contribution is -2.12. The van der Waals surface area contributed by atoms with Crippen molar-refractivity contribution in [1.82, 2.24) is 14.8 Å². The van der Waals surface area contributed by atoms with Gasteiger partial charge in [0.1, 0.15) is 16.1 Å². The number of hydrogen-bond acceptors (Lipinski definition) is 6. The molecule has 0 aliphatic carbocycles. The van der Waals surface area contributed by atoms with Crippen LogP contribution < -0.4 is 4.72 Å². The molecule has 102 valence electrons. The molecule has 0 spiro atoms. The lowest BCUT2D eigenvalue weighted by molar-refractivity contribution is 0.0685. The van der Waals surface area contributed by atoms with Gasteiger partial charge in [-0.25, -0.2) is 13.2 Å². The number of rotatable bonds is 5. The number of carboxylic acid groups (broad SMARTS) is 1. The van der Waals surface area contributed by atoms with Crippen molar-refractivity contribution in [1.29, 1.82) is 0 Å². The van der Waals surface area contributed by atoms with Gasteiger partial charge < -0.3 is 9.67 Å². The van der Waals surface area contributed by atoms with Crippen molar-refractivity contribution in [2.45, 2.75) is 18.4 Å². The van der Waals surface area contributed by atoms with E-state index >= 15 is 0 Å². The van der Waals surface area contributed by atoms with Crippen molar-refractivity contribution in [2.75, 3.05) is 4.72 Å². The summed E-state index contributed by atoms with van der Waals surface area (Å²) in [5.74, 6) is -1.18. The van der Waals surface area contributed by atoms with Crippen LogP contribution in [0.1, 0.15) is 17.4 Å². The van der Waals surface area contributed by atoms with E-state index in [1.54, 1.807) is 6.92 Å². The maximum atomic E-state index is 12.0. The Morgan fingerprint density at radius 2 is 2.32 bits per heavy atom. The largest absolute Gasteiger partial charge is 0.477 e. The number of carbonyl (C=O) groups is 1. The van der Waals surface area contributed by atoms with Crippen LogP contribution in [0.3, 0.4) is 0 Å². The second-order valence-electron chi connectivity index (χ2n) is 3.50. The van der Waals surface area contributed by atoms with Gasteiger partial charge in [-0.05, 0) is 13.0 Å². The molecular formula is C9H10N4O4S2. The van der Waals surface area contributed by atoms with Crippen molar-refractivity contribution in [2.24, 2.45) is 0 Å². The molecule has 2 N–H and O–H groups in total. The minimum atomic E-state index is -3.85. The third-order valence-corrected chi connectivity index (χ3v) is 4.37. The third kappa shape index (κ3) is 2.74. The lowest BCUT2D eigenvalue weighted by atomic mass is 10.4. The van der Waals surface area contributed by atoms with Gasteiger partial charge in [-0.1, -0.05) is 11.3 Å². The fourth-order valence-corrected chi connectivity index (χ4v) is 3.19. The first-order chi connectivity index (χ1) is 8.94. The molecule has 2 aromatic rings. The van der Waals surface area contributed by atoms with E-state index in [-0.39, 0.29) is 15.7 Å². The Labute approximate surface area is 112 Å². The summed E-state index contributed by atoms with van der Waals surface area (Å²) in [6.45, 7) is 2.08. The minimum Gasteiger partial charge on any atom is -0.477 e. The molecule has 10 heteroatoms. The van der Waals surface area contributed by atoms with Crippen molar-refractivity contribution in [3.8, 4) is 0 Å². The molecule has 8 nitrogen and oxygen atoms in total. The number of nitrogens with zero attached hydrogens (tertiary/aromatic N) is 3. The molecule has 19 heavy (non-hydrogen) atoms. The second-order valence-corrected chi connectivity index (χ2v) is 6.02. The number of aromatic carboxylic acids is 1. The summed E-state index contributed by atoms with van der Waals surface area (Å²) >= 11 is 1.03. The molecule has 0 saturated heterocycles. The average Bonchev–Trinajstić information content (AvgIpc) is 2.95. The predicted molar refractivity (Wildman–Crippen MR) is 67.8 cm³/mol. The summed E-state index contributed by atoms with van der Waals surface area (Å²) in [4.78, 5) is 10.9. The van der Waals surface area contributed by atoms with Gasteiger partial charge in [-0.15, -0.1) is 10.2 Å². The van der Waals surface area contributed by atoms with Gasteiger partial charge in [0.15, 0.2) is 0 Å². The summed E-state index contributed by atoms with van der Waals surface area (Å²) < 4.78 is 27.6. The summed E-state index contributed by atoms with van der Waals surface area (Å²) in [6.07, 6.45) is 1.27. The zero-order valence-corrected chi connectivity index (χ0v) is 11.4. The molecule has 2 rings (SSSR count). The van der Waals surface area contributed by atoms with E-state index in [1.165, 1.54) is 16.3 Å². The van der Waals surface area contributed by atoms with Crippen LogP contribution in [0.4, 0.5) is 5.13 Å². The standard InChI is InChI=1S/C9H10N4O4S2/c1-2-13-4-6(3-7(13)8(14)15)19(16,17)12-9-11-10-5-18-9/h3-5H,2H2,1H3,(H,11,12)(H,14,15). The Hall–Kier alpha value is -1.94. The maximum absolute atomic E-state index is 12.0. The molecule has 0 bridgehead atoms. The number of anilines is 1. The predicted octanol–water partition coefficient (Wildman–Crippen LogP) is 0.858. The van der Waals surface area contributed by atoms with Crippen LogP contribution in [-0.4, -0.2) is 34.3 Å². The minimum absolute atomic E-state index is 0.0832. The van der Waals surface area contributed by atoms with Crippen LogP contribution in [0.25, 0.3) is 0 Å². The molecule has 0 aromatic carbocycles. The third-order valence-electron chi connectivity index (χ3n) is 2.32. The van der Waals surface area contributed by atoms with E-state index < -0.39 is 16.0 Å². The second kappa shape index (κ2) is 4.97. The lowest BCUT2D eigenvalue weighted by Gasteiger charge is -2.01. The number of aromatic nitrogens is 3. The van der Waals surface area contributed by atoms with Gasteiger partial charge in [0.25, 0.3) is 10.0 Å². The van der Waals surface area contributed by atoms with Crippen LogP contribution in [-0.2, 0) is 16.6 Å². The topological polar surface area (TPSA) is 114 Å². The average molecular weight is 302 g/mol. The normalized spacial score (nSPS) is 11.4. The van der Waals surface area contributed by atoms with E-state index in [9.17, 15) is 13.2 Å². The highest BCUT2D eigenvalue weighted by Crippen LogP contribution is 2.19. The number of carboxylic acids is 1. The Morgan fingerprint density at radius 1 is 1.58 bits per heavy atom. The van der Waals surface area contributed by atoms with E-state index in [2.05, 4.69) is 14.9 Å². The Kier molecular flexibility index (Phi) is 3.53. The van der Waals surface area contributed by atoms with Crippen molar-refractivity contribution >= 4 is 32.5 Å². The highest BCUT2D eigenvalue weighted by Gasteiger charge is 2.21. The molecule has 0 unspecified atom stereocenters. The number of aryl methyl sites for hydroxylation is 1. The van der Waals surface area contributed by atoms with Gasteiger partial charge >= 0.3 is 5.97 Å². The zero-order chi connectivity index (χ0) is 14.0. The Bertz CT molecular complexity index is 690. The van der Waals surface area contributed by atoms with Crippen LogP contribution in [0.15, 0.2) is 22.7 Å². The summed E-state index contributed by atoms with van der Waals surface area (Å²) in [5, 5.41) is 16.2. The van der Waals surface area contributed by atoms with E-state index in [0.717, 1.165) is 17.4 Å². The van der Waals surface area contributed by atoms with Crippen molar-refractivity contribution in [3.05, 3.63) is 23.5 Å². The molecule has 0 radical (unpaired) electrons. The van der Waals surface area contributed by atoms with E-state index in [1.807, 2.05) is 0 Å². The molecule has 0 atom stereocenters. The summed E-state index contributed by atoms with van der Waals surface area (Å²) in [6, 6.07) is 1.11. The molecular weight excluding hydrogens is 292 g/mol. The van der Waals surface area contributed by atoms with Gasteiger partial charge in [0.2, 0.25) is 5.13 Å². The monoisotopic (exact) mass is 302 g/mol. The first kappa shape index (κ1) is 13.5. The smallest absolute Gasteiger partial charge is 0.352 e. The quantitative estimate of drug-likeness (QED) is 0.846. The molecule has 0 amide bonds. The Balaban J connectivity index is 2.38. The van der Waals surface area contributed by atoms with Crippen LogP contribution in [0.2, 0.25) is 0 Å². The maximum Gasteiger partial charge on any atom is 0.352 e. The van der Waals surface area contributed by atoms with E-state index in [4.69, 9.17) is 5.11 Å². The van der Waals surface area contributed by atoms with Crippen molar-refractivity contribution in [3.63, 3.8) is 0 Å². The highest BCUT2D eigenvalue weighted by molar-refractivity contribution is 7.93.